The molecule has 6 nitrogen and oxygen atoms in total. The van der Waals surface area contributed by atoms with Gasteiger partial charge in [0.25, 0.3) is 5.56 Å². The molecule has 6 heteroatoms. The second kappa shape index (κ2) is 7.91. The Hall–Kier alpha value is -3.41. The normalized spacial score (nSPS) is 15.5. The van der Waals surface area contributed by atoms with Gasteiger partial charge in [-0.1, -0.05) is 43.5 Å². The number of nitrogens with one attached hydrogen (secondary N) is 1. The van der Waals surface area contributed by atoms with Crippen molar-refractivity contribution in [2.45, 2.75) is 38.0 Å². The summed E-state index contributed by atoms with van der Waals surface area (Å²) in [6.45, 7) is 0. The maximum Gasteiger partial charge on any atom is 0.335 e. The summed E-state index contributed by atoms with van der Waals surface area (Å²) in [4.78, 5) is 30.3. The summed E-state index contributed by atoms with van der Waals surface area (Å²) in [6, 6.07) is 12.1. The number of benzene rings is 2. The lowest BCUT2D eigenvalue weighted by Crippen LogP contribution is -2.12. The summed E-state index contributed by atoms with van der Waals surface area (Å²) >= 11 is 0. The van der Waals surface area contributed by atoms with E-state index in [-0.39, 0.29) is 17.0 Å². The number of aromatic carboxylic acids is 1. The van der Waals surface area contributed by atoms with Crippen molar-refractivity contribution in [3.05, 3.63) is 75.2 Å². The Kier molecular flexibility index (Phi) is 5.16. The largest absolute Gasteiger partial charge is 0.507 e. The van der Waals surface area contributed by atoms with E-state index in [1.54, 1.807) is 0 Å². The highest BCUT2D eigenvalue weighted by Crippen LogP contribution is 2.33. The van der Waals surface area contributed by atoms with Gasteiger partial charge in [0.2, 0.25) is 0 Å². The number of H-pyrrole nitrogens is 1. The van der Waals surface area contributed by atoms with Gasteiger partial charge in [-0.05, 0) is 42.5 Å². The van der Waals surface area contributed by atoms with Gasteiger partial charge in [-0.2, -0.15) is 0 Å². The summed E-state index contributed by atoms with van der Waals surface area (Å²) in [5.74, 6) is -0.554. The van der Waals surface area contributed by atoms with E-state index in [0.29, 0.717) is 22.5 Å². The van der Waals surface area contributed by atoms with Crippen LogP contribution in [0, 0.1) is 0 Å². The van der Waals surface area contributed by atoms with E-state index < -0.39 is 11.5 Å². The maximum absolute atomic E-state index is 12.3. The molecule has 3 N–H and O–H groups in total. The van der Waals surface area contributed by atoms with Gasteiger partial charge in [0, 0.05) is 11.6 Å². The van der Waals surface area contributed by atoms with Crippen LogP contribution in [0.25, 0.3) is 22.9 Å². The summed E-state index contributed by atoms with van der Waals surface area (Å²) in [7, 11) is 0. The van der Waals surface area contributed by atoms with Crippen LogP contribution in [0.3, 0.4) is 0 Å². The van der Waals surface area contributed by atoms with Crippen LogP contribution in [-0.2, 0) is 0 Å². The number of aliphatic hydroxyl groups is 1. The van der Waals surface area contributed by atoms with E-state index in [9.17, 15) is 14.7 Å². The maximum atomic E-state index is 12.3. The number of rotatable bonds is 4. The highest BCUT2D eigenvalue weighted by atomic mass is 16.4. The van der Waals surface area contributed by atoms with Gasteiger partial charge in [0.1, 0.15) is 11.5 Å². The molecule has 1 aliphatic carbocycles. The van der Waals surface area contributed by atoms with Gasteiger partial charge in [-0.3, -0.25) is 4.79 Å². The third-order valence-corrected chi connectivity index (χ3v) is 5.52. The first-order chi connectivity index (χ1) is 14.0. The van der Waals surface area contributed by atoms with Crippen molar-refractivity contribution in [1.29, 1.82) is 0 Å². The Balaban J connectivity index is 1.64. The number of aromatic amines is 1. The fourth-order valence-corrected chi connectivity index (χ4v) is 3.90. The molecule has 0 radical (unpaired) electrons. The molecule has 0 saturated heterocycles. The van der Waals surface area contributed by atoms with Crippen molar-refractivity contribution < 1.29 is 15.0 Å². The molecular formula is C23H22N2O4. The summed E-state index contributed by atoms with van der Waals surface area (Å²) in [5.41, 5.74) is 2.31. The molecule has 1 heterocycles. The standard InChI is InChI=1S/C23H22N2O4/c26-21(16-8-6-15(7-9-16)14-4-2-1-3-5-14)13-20-22(27)25-18-11-10-17(23(28)29)12-19(18)24-20/h6-14,26H,1-5H2,(H,25,27)(H,28,29)/b21-13-. The SMILES string of the molecule is O=C(O)c1ccc2[nH]c(=O)c(/C=C(\O)c3ccc(C4CCCCC4)cc3)nc2c1. The molecule has 4 rings (SSSR count). The molecule has 0 amide bonds. The molecule has 1 saturated carbocycles. The molecule has 0 aliphatic heterocycles. The molecule has 0 atom stereocenters. The average Bonchev–Trinajstić information content (AvgIpc) is 2.74. The van der Waals surface area contributed by atoms with Crippen LogP contribution < -0.4 is 5.56 Å². The molecule has 1 aliphatic rings. The molecule has 29 heavy (non-hydrogen) atoms. The molecule has 1 fully saturated rings. The number of aliphatic hydroxyl groups excluding tert-OH is 1. The van der Waals surface area contributed by atoms with Crippen molar-refractivity contribution in [3.8, 4) is 0 Å². The van der Waals surface area contributed by atoms with Gasteiger partial charge < -0.3 is 15.2 Å². The zero-order chi connectivity index (χ0) is 20.4. The fourth-order valence-electron chi connectivity index (χ4n) is 3.90. The number of carboxylic acid groups (broad SMARTS) is 1. The van der Waals surface area contributed by atoms with E-state index in [2.05, 4.69) is 9.97 Å². The molecule has 3 aromatic rings. The quantitative estimate of drug-likeness (QED) is 0.559. The summed E-state index contributed by atoms with van der Waals surface area (Å²) < 4.78 is 0. The Morgan fingerprint density at radius 2 is 1.69 bits per heavy atom. The summed E-state index contributed by atoms with van der Waals surface area (Å²) in [6.07, 6.45) is 7.54. The number of aromatic nitrogens is 2. The van der Waals surface area contributed by atoms with Crippen molar-refractivity contribution >= 4 is 28.8 Å². The zero-order valence-corrected chi connectivity index (χ0v) is 15.9. The number of hydrogen-bond donors (Lipinski definition) is 3. The van der Waals surface area contributed by atoms with Gasteiger partial charge >= 0.3 is 5.97 Å². The number of carboxylic acids is 1. The van der Waals surface area contributed by atoms with Crippen LogP contribution in [0.2, 0.25) is 0 Å². The Morgan fingerprint density at radius 1 is 1.00 bits per heavy atom. The van der Waals surface area contributed by atoms with Gasteiger partial charge in [-0.25, -0.2) is 9.78 Å². The molecule has 0 bridgehead atoms. The third-order valence-electron chi connectivity index (χ3n) is 5.52. The first kappa shape index (κ1) is 18.9. The molecule has 2 aromatic carbocycles. The average molecular weight is 390 g/mol. The van der Waals surface area contributed by atoms with Crippen LogP contribution >= 0.6 is 0 Å². The van der Waals surface area contributed by atoms with E-state index in [0.717, 1.165) is 0 Å². The van der Waals surface area contributed by atoms with Crippen molar-refractivity contribution in [1.82, 2.24) is 9.97 Å². The number of hydrogen-bond acceptors (Lipinski definition) is 4. The lowest BCUT2D eigenvalue weighted by molar-refractivity contribution is 0.0697. The molecular weight excluding hydrogens is 368 g/mol. The Labute approximate surface area is 167 Å². The van der Waals surface area contributed by atoms with Gasteiger partial charge in [-0.15, -0.1) is 0 Å². The van der Waals surface area contributed by atoms with Gasteiger partial charge in [0.15, 0.2) is 0 Å². The van der Waals surface area contributed by atoms with Crippen LogP contribution in [0.4, 0.5) is 0 Å². The second-order valence-electron chi connectivity index (χ2n) is 7.47. The van der Waals surface area contributed by atoms with E-state index in [4.69, 9.17) is 5.11 Å². The van der Waals surface area contributed by atoms with Crippen LogP contribution in [0.15, 0.2) is 47.3 Å². The minimum absolute atomic E-state index is 0.0221. The first-order valence-corrected chi connectivity index (χ1v) is 9.79. The smallest absolute Gasteiger partial charge is 0.335 e. The third kappa shape index (κ3) is 4.06. The fraction of sp³-hybridized carbons (Fsp3) is 0.261. The molecule has 148 valence electrons. The topological polar surface area (TPSA) is 103 Å². The monoisotopic (exact) mass is 390 g/mol. The predicted molar refractivity (Wildman–Crippen MR) is 112 cm³/mol. The zero-order valence-electron chi connectivity index (χ0n) is 15.9. The highest BCUT2D eigenvalue weighted by molar-refractivity contribution is 5.92. The van der Waals surface area contributed by atoms with Crippen LogP contribution in [0.1, 0.15) is 65.2 Å². The van der Waals surface area contributed by atoms with Gasteiger partial charge in [0.05, 0.1) is 16.6 Å². The Morgan fingerprint density at radius 3 is 2.38 bits per heavy atom. The minimum Gasteiger partial charge on any atom is -0.507 e. The molecule has 1 aromatic heterocycles. The second-order valence-corrected chi connectivity index (χ2v) is 7.47. The van der Waals surface area contributed by atoms with E-state index in [1.807, 2.05) is 24.3 Å². The highest BCUT2D eigenvalue weighted by Gasteiger charge is 2.15. The number of carbonyl (C=O) groups is 1. The summed E-state index contributed by atoms with van der Waals surface area (Å²) in [5, 5.41) is 19.6. The van der Waals surface area contributed by atoms with E-state index in [1.165, 1.54) is 61.9 Å². The molecule has 0 spiro atoms. The van der Waals surface area contributed by atoms with Crippen LogP contribution in [-0.4, -0.2) is 26.2 Å². The van der Waals surface area contributed by atoms with Crippen molar-refractivity contribution in [2.24, 2.45) is 0 Å². The number of fused-ring (bicyclic) bond motifs is 1. The van der Waals surface area contributed by atoms with Crippen molar-refractivity contribution in [2.75, 3.05) is 0 Å². The minimum atomic E-state index is -1.07. The lowest BCUT2D eigenvalue weighted by Gasteiger charge is -2.22. The number of nitrogens with zero attached hydrogens (tertiary/aromatic N) is 1. The van der Waals surface area contributed by atoms with E-state index >= 15 is 0 Å². The van der Waals surface area contributed by atoms with Crippen LogP contribution in [0.5, 0.6) is 0 Å². The van der Waals surface area contributed by atoms with Crippen molar-refractivity contribution in [3.63, 3.8) is 0 Å². The lowest BCUT2D eigenvalue weighted by atomic mass is 9.84. The Bertz CT molecular complexity index is 1140. The molecule has 0 unspecified atom stereocenters. The first-order valence-electron chi connectivity index (χ1n) is 9.79. The predicted octanol–water partition coefficient (Wildman–Crippen LogP) is 4.73.